The third-order valence-electron chi connectivity index (χ3n) is 3.06. The van der Waals surface area contributed by atoms with E-state index in [0.717, 1.165) is 11.3 Å². The van der Waals surface area contributed by atoms with Crippen molar-refractivity contribution >= 4 is 28.7 Å². The van der Waals surface area contributed by atoms with Gasteiger partial charge in [0.2, 0.25) is 0 Å². The van der Waals surface area contributed by atoms with E-state index in [1.165, 1.54) is 18.4 Å². The number of carbonyl (C=O) groups is 2. The number of hydrogen-bond acceptors (Lipinski definition) is 5. The minimum atomic E-state index is -0.139. The summed E-state index contributed by atoms with van der Waals surface area (Å²) in [5.74, 6) is -0.139. The first-order valence-corrected chi connectivity index (χ1v) is 10.4. The van der Waals surface area contributed by atoms with Gasteiger partial charge in [0.15, 0.2) is 5.13 Å². The molecule has 0 spiro atoms. The van der Waals surface area contributed by atoms with Gasteiger partial charge < -0.3 is 9.53 Å². The highest BCUT2D eigenvalue weighted by molar-refractivity contribution is 7.14. The zero-order valence-corrected chi connectivity index (χ0v) is 18.5. The lowest BCUT2D eigenvalue weighted by molar-refractivity contribution is -0.110. The van der Waals surface area contributed by atoms with E-state index in [1.54, 1.807) is 12.1 Å². The van der Waals surface area contributed by atoms with Crippen LogP contribution in [0.3, 0.4) is 0 Å². The molecule has 0 aliphatic rings. The summed E-state index contributed by atoms with van der Waals surface area (Å²) in [4.78, 5) is 25.7. The van der Waals surface area contributed by atoms with Gasteiger partial charge in [0, 0.05) is 23.6 Å². The maximum absolute atomic E-state index is 12.0. The largest absolute Gasteiger partial charge is 0.377 e. The Balaban J connectivity index is 0.000000752. The number of hydrogen-bond donors (Lipinski definition) is 1. The first-order chi connectivity index (χ1) is 14.2. The average molecular weight is 415 g/mol. The highest BCUT2D eigenvalue weighted by atomic mass is 32.1. The number of aromatic nitrogens is 1. The average Bonchev–Trinajstić information content (AvgIpc) is 3.27. The number of nitrogens with one attached hydrogen (secondary N) is 1. The molecule has 0 aliphatic carbocycles. The summed E-state index contributed by atoms with van der Waals surface area (Å²) in [5, 5.41) is 5.37. The van der Waals surface area contributed by atoms with Crippen molar-refractivity contribution in [2.45, 2.75) is 27.7 Å². The van der Waals surface area contributed by atoms with E-state index in [2.05, 4.69) is 15.0 Å². The smallest absolute Gasteiger partial charge is 0.257 e. The Bertz CT molecular complexity index is 790. The van der Waals surface area contributed by atoms with Crippen LogP contribution < -0.4 is 5.32 Å². The van der Waals surface area contributed by atoms with Crippen molar-refractivity contribution in [3.05, 3.63) is 71.6 Å². The minimum absolute atomic E-state index is 0.139. The number of amides is 1. The second kappa shape index (κ2) is 17.3. The van der Waals surface area contributed by atoms with Crippen LogP contribution in [-0.2, 0) is 9.53 Å². The number of benzene rings is 2. The van der Waals surface area contributed by atoms with Crippen LogP contribution in [0.25, 0.3) is 11.3 Å². The molecule has 0 aliphatic heterocycles. The number of carbonyl (C=O) groups excluding carboxylic acids is 2. The fourth-order valence-electron chi connectivity index (χ4n) is 1.90. The normalized spacial score (nSPS) is 8.72. The molecule has 1 aromatic heterocycles. The van der Waals surface area contributed by atoms with Crippen molar-refractivity contribution in [2.75, 3.05) is 19.0 Å². The number of thiazole rings is 1. The molecule has 0 atom stereocenters. The number of nitrogens with zero attached hydrogens (tertiary/aromatic N) is 1. The molecule has 0 unspecified atom stereocenters. The van der Waals surface area contributed by atoms with Gasteiger partial charge in [-0.25, -0.2) is 4.98 Å². The molecule has 3 aromatic rings. The Morgan fingerprint density at radius 3 is 2.03 bits per heavy atom. The molecule has 0 bridgehead atoms. The third-order valence-corrected chi connectivity index (χ3v) is 3.82. The second-order valence-electron chi connectivity index (χ2n) is 4.85. The van der Waals surface area contributed by atoms with Crippen molar-refractivity contribution in [1.82, 2.24) is 4.98 Å². The second-order valence-corrected chi connectivity index (χ2v) is 5.70. The molecule has 5 nitrogen and oxygen atoms in total. The van der Waals surface area contributed by atoms with Gasteiger partial charge in [-0.3, -0.25) is 10.1 Å². The van der Waals surface area contributed by atoms with Crippen LogP contribution in [0, 0.1) is 0 Å². The lowest BCUT2D eigenvalue weighted by atomic mass is 10.2. The molecule has 0 fully saturated rings. The Morgan fingerprint density at radius 2 is 1.55 bits per heavy atom. The molecule has 6 heteroatoms. The number of anilines is 1. The minimum Gasteiger partial charge on any atom is -0.377 e. The summed E-state index contributed by atoms with van der Waals surface area (Å²) >= 11 is 1.42. The van der Waals surface area contributed by atoms with Gasteiger partial charge in [-0.05, 0) is 12.1 Å². The van der Waals surface area contributed by atoms with Crippen molar-refractivity contribution in [2.24, 2.45) is 0 Å². The number of aldehydes is 1. The van der Waals surface area contributed by atoms with Crippen molar-refractivity contribution in [3.8, 4) is 11.3 Å². The van der Waals surface area contributed by atoms with Crippen LogP contribution in [-0.4, -0.2) is 30.9 Å². The van der Waals surface area contributed by atoms with Gasteiger partial charge in [0.05, 0.1) is 5.69 Å². The lowest BCUT2D eigenvalue weighted by Gasteiger charge is -2.00. The molecule has 1 heterocycles. The maximum Gasteiger partial charge on any atom is 0.257 e. The number of ether oxygens (including phenoxy) is 1. The van der Waals surface area contributed by atoms with Crippen LogP contribution in [0.1, 0.15) is 38.1 Å². The van der Waals surface area contributed by atoms with Crippen LogP contribution in [0.4, 0.5) is 5.13 Å². The number of rotatable bonds is 5. The van der Waals surface area contributed by atoms with Crippen LogP contribution in [0.2, 0.25) is 0 Å². The first-order valence-electron chi connectivity index (χ1n) is 9.54. The van der Waals surface area contributed by atoms with E-state index < -0.39 is 0 Å². The van der Waals surface area contributed by atoms with Crippen LogP contribution >= 0.6 is 11.3 Å². The monoisotopic (exact) mass is 414 g/mol. The Morgan fingerprint density at radius 1 is 1.00 bits per heavy atom. The van der Waals surface area contributed by atoms with Gasteiger partial charge in [-0.1, -0.05) is 76.2 Å². The predicted molar refractivity (Wildman–Crippen MR) is 123 cm³/mol. The standard InChI is InChI=1S/C16H12N2OS.C3H6O2.2C2H6/c19-15(13-9-5-2-6-10-13)18-16-17-14(11-20-16)12-7-3-1-4-8-12;1-5-3-2-4;2*1-2/h1-11H,(H,17,18,19);2H,3H2,1H3;2*1-2H3. The SMILES string of the molecule is CC.CC.COCC=O.O=C(Nc1nc(-c2ccccc2)cs1)c1ccccc1. The zero-order valence-electron chi connectivity index (χ0n) is 17.7. The molecule has 156 valence electrons. The van der Waals surface area contributed by atoms with Gasteiger partial charge in [0.1, 0.15) is 12.9 Å². The van der Waals surface area contributed by atoms with Crippen LogP contribution in [0.5, 0.6) is 0 Å². The zero-order chi connectivity index (χ0) is 21.9. The van der Waals surface area contributed by atoms with Crippen LogP contribution in [0.15, 0.2) is 66.0 Å². The third kappa shape index (κ3) is 10.3. The lowest BCUT2D eigenvalue weighted by Crippen LogP contribution is -2.11. The molecule has 3 rings (SSSR count). The van der Waals surface area contributed by atoms with E-state index >= 15 is 0 Å². The Kier molecular flexibility index (Phi) is 15.6. The molecule has 0 saturated carbocycles. The van der Waals surface area contributed by atoms with Gasteiger partial charge in [0.25, 0.3) is 5.91 Å². The molecular formula is C23H30N2O3S. The van der Waals surface area contributed by atoms with Crippen molar-refractivity contribution in [3.63, 3.8) is 0 Å². The van der Waals surface area contributed by atoms with E-state index in [1.807, 2.05) is 81.6 Å². The Hall–Kier alpha value is -2.83. The van der Waals surface area contributed by atoms with Gasteiger partial charge >= 0.3 is 0 Å². The molecular weight excluding hydrogens is 384 g/mol. The molecule has 1 N–H and O–H groups in total. The van der Waals surface area contributed by atoms with E-state index in [4.69, 9.17) is 0 Å². The fourth-order valence-corrected chi connectivity index (χ4v) is 2.61. The van der Waals surface area contributed by atoms with E-state index in [9.17, 15) is 9.59 Å². The fraction of sp³-hybridized carbons (Fsp3) is 0.261. The van der Waals surface area contributed by atoms with Gasteiger partial charge in [-0.15, -0.1) is 11.3 Å². The predicted octanol–water partition coefficient (Wildman–Crippen LogP) is 5.95. The first kappa shape index (κ1) is 26.2. The summed E-state index contributed by atoms with van der Waals surface area (Å²) < 4.78 is 4.32. The summed E-state index contributed by atoms with van der Waals surface area (Å²) in [5.41, 5.74) is 2.55. The molecule has 0 saturated heterocycles. The van der Waals surface area contributed by atoms with Crippen molar-refractivity contribution < 1.29 is 14.3 Å². The quantitative estimate of drug-likeness (QED) is 0.524. The van der Waals surface area contributed by atoms with E-state index in [0.29, 0.717) is 17.0 Å². The number of methoxy groups -OCH3 is 1. The summed E-state index contributed by atoms with van der Waals surface area (Å²) in [6.45, 7) is 8.21. The molecule has 29 heavy (non-hydrogen) atoms. The Labute approximate surface area is 177 Å². The molecule has 0 radical (unpaired) electrons. The molecule has 2 aromatic carbocycles. The summed E-state index contributed by atoms with van der Waals surface area (Å²) in [6.07, 6.45) is 0.708. The maximum atomic E-state index is 12.0. The highest BCUT2D eigenvalue weighted by Crippen LogP contribution is 2.24. The molecule has 1 amide bonds. The summed E-state index contributed by atoms with van der Waals surface area (Å²) in [6, 6.07) is 19.0. The summed E-state index contributed by atoms with van der Waals surface area (Å²) in [7, 11) is 1.48. The highest BCUT2D eigenvalue weighted by Gasteiger charge is 2.09. The van der Waals surface area contributed by atoms with Gasteiger partial charge in [-0.2, -0.15) is 0 Å². The topological polar surface area (TPSA) is 68.3 Å². The van der Waals surface area contributed by atoms with E-state index in [-0.39, 0.29) is 12.5 Å². The van der Waals surface area contributed by atoms with Crippen molar-refractivity contribution in [1.29, 1.82) is 0 Å².